The Hall–Kier alpha value is -0.980. The highest BCUT2D eigenvalue weighted by molar-refractivity contribution is 9.10. The summed E-state index contributed by atoms with van der Waals surface area (Å²) < 4.78 is 0.835. The third kappa shape index (κ3) is 3.27. The van der Waals surface area contributed by atoms with Gasteiger partial charge in [0.15, 0.2) is 0 Å². The maximum absolute atomic E-state index is 10.8. The van der Waals surface area contributed by atoms with Gasteiger partial charge < -0.3 is 5.32 Å². The number of rotatable bonds is 4. The lowest BCUT2D eigenvalue weighted by molar-refractivity contribution is -0.384. The molecule has 114 valence electrons. The van der Waals surface area contributed by atoms with E-state index in [-0.39, 0.29) is 10.6 Å². The summed E-state index contributed by atoms with van der Waals surface area (Å²) >= 11 is 3.48. The largest absolute Gasteiger partial charge is 0.312 e. The van der Waals surface area contributed by atoms with Gasteiger partial charge >= 0.3 is 0 Å². The molecular weight excluding hydrogens is 334 g/mol. The van der Waals surface area contributed by atoms with Crippen molar-refractivity contribution in [3.63, 3.8) is 0 Å². The molecule has 1 N–H and O–H groups in total. The maximum Gasteiger partial charge on any atom is 0.270 e. The molecule has 6 heteroatoms. The lowest BCUT2D eigenvalue weighted by Crippen LogP contribution is -2.43. The fourth-order valence-electron chi connectivity index (χ4n) is 3.54. The van der Waals surface area contributed by atoms with Crippen LogP contribution in [0.3, 0.4) is 0 Å². The van der Waals surface area contributed by atoms with Crippen molar-refractivity contribution in [2.24, 2.45) is 0 Å². The van der Waals surface area contributed by atoms with Crippen molar-refractivity contribution in [1.82, 2.24) is 10.2 Å². The topological polar surface area (TPSA) is 58.4 Å². The van der Waals surface area contributed by atoms with Gasteiger partial charge in [-0.3, -0.25) is 15.0 Å². The Morgan fingerprint density at radius 2 is 2.24 bits per heavy atom. The molecule has 2 heterocycles. The van der Waals surface area contributed by atoms with Gasteiger partial charge in [-0.1, -0.05) is 15.9 Å². The molecule has 2 atom stereocenters. The summed E-state index contributed by atoms with van der Waals surface area (Å²) in [4.78, 5) is 13.0. The Labute approximate surface area is 133 Å². The average Bonchev–Trinajstić information content (AvgIpc) is 3.11. The van der Waals surface area contributed by atoms with Crippen molar-refractivity contribution < 1.29 is 4.92 Å². The number of nitro groups is 1. The average molecular weight is 354 g/mol. The predicted octanol–water partition coefficient (Wildman–Crippen LogP) is 3.07. The van der Waals surface area contributed by atoms with Crippen LogP contribution in [0.5, 0.6) is 0 Å². The fourth-order valence-corrected chi connectivity index (χ4v) is 4.03. The summed E-state index contributed by atoms with van der Waals surface area (Å²) in [6.07, 6.45) is 5.04. The first-order valence-corrected chi connectivity index (χ1v) is 8.35. The highest BCUT2D eigenvalue weighted by Crippen LogP contribution is 2.29. The van der Waals surface area contributed by atoms with E-state index >= 15 is 0 Å². The molecule has 1 aromatic carbocycles. The van der Waals surface area contributed by atoms with Crippen LogP contribution in [0.15, 0.2) is 22.7 Å². The number of likely N-dealkylation sites (tertiary alicyclic amines) is 1. The van der Waals surface area contributed by atoms with E-state index in [0.717, 1.165) is 29.7 Å². The van der Waals surface area contributed by atoms with Gasteiger partial charge in [-0.25, -0.2) is 0 Å². The van der Waals surface area contributed by atoms with Gasteiger partial charge in [0, 0.05) is 35.2 Å². The van der Waals surface area contributed by atoms with Gasteiger partial charge in [0.1, 0.15) is 0 Å². The van der Waals surface area contributed by atoms with Gasteiger partial charge in [0.05, 0.1) is 4.92 Å². The van der Waals surface area contributed by atoms with Crippen LogP contribution in [0, 0.1) is 10.1 Å². The van der Waals surface area contributed by atoms with Crippen molar-refractivity contribution in [1.29, 1.82) is 0 Å². The van der Waals surface area contributed by atoms with Crippen molar-refractivity contribution >= 4 is 21.6 Å². The molecule has 0 radical (unpaired) electrons. The van der Waals surface area contributed by atoms with Crippen LogP contribution in [-0.2, 0) is 6.54 Å². The zero-order valence-corrected chi connectivity index (χ0v) is 13.5. The highest BCUT2D eigenvalue weighted by atomic mass is 79.9. The Morgan fingerprint density at radius 1 is 1.38 bits per heavy atom. The lowest BCUT2D eigenvalue weighted by atomic mass is 10.0. The second-order valence-corrected chi connectivity index (χ2v) is 6.77. The molecular formula is C15H20BrN3O2. The van der Waals surface area contributed by atoms with E-state index in [9.17, 15) is 10.1 Å². The van der Waals surface area contributed by atoms with Gasteiger partial charge in [-0.05, 0) is 50.4 Å². The fraction of sp³-hybridized carbons (Fsp3) is 0.600. The molecule has 3 rings (SSSR count). The first kappa shape index (κ1) is 14.9. The number of nitrogens with one attached hydrogen (secondary N) is 1. The summed E-state index contributed by atoms with van der Waals surface area (Å²) in [6.45, 7) is 3.12. The van der Waals surface area contributed by atoms with E-state index in [0.29, 0.717) is 12.1 Å². The van der Waals surface area contributed by atoms with E-state index in [2.05, 4.69) is 26.1 Å². The number of non-ortho nitro benzene ring substituents is 1. The van der Waals surface area contributed by atoms with Crippen LogP contribution in [0.25, 0.3) is 0 Å². The van der Waals surface area contributed by atoms with Crippen molar-refractivity contribution in [3.8, 4) is 0 Å². The van der Waals surface area contributed by atoms with Gasteiger partial charge in [-0.15, -0.1) is 0 Å². The Kier molecular flexibility index (Phi) is 4.57. The maximum atomic E-state index is 10.8. The summed E-state index contributed by atoms with van der Waals surface area (Å²) in [5.41, 5.74) is 1.27. The Balaban J connectivity index is 1.71. The molecule has 0 saturated carbocycles. The zero-order chi connectivity index (χ0) is 14.8. The summed E-state index contributed by atoms with van der Waals surface area (Å²) in [5.74, 6) is 0. The molecule has 5 nitrogen and oxygen atoms in total. The number of benzene rings is 1. The van der Waals surface area contributed by atoms with E-state index in [1.54, 1.807) is 12.1 Å². The van der Waals surface area contributed by atoms with Crippen LogP contribution >= 0.6 is 15.9 Å². The molecule has 0 aromatic heterocycles. The SMILES string of the molecule is O=[N+]([O-])c1ccc(CN2CCCC2C2CCCN2)c(Br)c1. The second-order valence-electron chi connectivity index (χ2n) is 5.92. The van der Waals surface area contributed by atoms with Gasteiger partial charge in [0.2, 0.25) is 0 Å². The highest BCUT2D eigenvalue weighted by Gasteiger charge is 2.33. The molecule has 0 bridgehead atoms. The monoisotopic (exact) mass is 353 g/mol. The molecule has 0 spiro atoms. The molecule has 0 aliphatic carbocycles. The van der Waals surface area contributed by atoms with Crippen molar-refractivity contribution in [2.75, 3.05) is 13.1 Å². The van der Waals surface area contributed by atoms with Crippen LogP contribution in [-0.4, -0.2) is 35.0 Å². The van der Waals surface area contributed by atoms with Gasteiger partial charge in [-0.2, -0.15) is 0 Å². The molecule has 0 amide bonds. The Bertz CT molecular complexity index is 532. The van der Waals surface area contributed by atoms with E-state index in [4.69, 9.17) is 0 Å². The molecule has 2 fully saturated rings. The first-order chi connectivity index (χ1) is 10.1. The third-order valence-electron chi connectivity index (χ3n) is 4.60. The number of hydrogen-bond acceptors (Lipinski definition) is 4. The van der Waals surface area contributed by atoms with E-state index in [1.807, 2.05) is 6.07 Å². The zero-order valence-electron chi connectivity index (χ0n) is 11.9. The minimum absolute atomic E-state index is 0.140. The Morgan fingerprint density at radius 3 is 2.90 bits per heavy atom. The standard InChI is InChI=1S/C15H20BrN3O2/c16-13-9-12(19(20)21)6-5-11(13)10-18-8-2-4-15(18)14-3-1-7-17-14/h5-6,9,14-15,17H,1-4,7-8,10H2. The van der Waals surface area contributed by atoms with Crippen LogP contribution in [0.1, 0.15) is 31.2 Å². The molecule has 2 aliphatic heterocycles. The molecule has 21 heavy (non-hydrogen) atoms. The van der Waals surface area contributed by atoms with E-state index in [1.165, 1.54) is 25.7 Å². The number of halogens is 1. The van der Waals surface area contributed by atoms with Crippen molar-refractivity contribution in [2.45, 2.75) is 44.3 Å². The van der Waals surface area contributed by atoms with Crippen LogP contribution in [0.2, 0.25) is 0 Å². The molecule has 2 aliphatic rings. The predicted molar refractivity (Wildman–Crippen MR) is 85.3 cm³/mol. The lowest BCUT2D eigenvalue weighted by Gasteiger charge is -2.29. The molecule has 2 unspecified atom stereocenters. The van der Waals surface area contributed by atoms with Crippen LogP contribution in [0.4, 0.5) is 5.69 Å². The smallest absolute Gasteiger partial charge is 0.270 e. The molecule has 1 aromatic rings. The second kappa shape index (κ2) is 6.42. The minimum atomic E-state index is -0.352. The number of nitrogens with zero attached hydrogens (tertiary/aromatic N) is 2. The summed E-state index contributed by atoms with van der Waals surface area (Å²) in [6, 6.07) is 6.30. The third-order valence-corrected chi connectivity index (χ3v) is 5.34. The van der Waals surface area contributed by atoms with Gasteiger partial charge in [0.25, 0.3) is 5.69 Å². The van der Waals surface area contributed by atoms with E-state index < -0.39 is 0 Å². The first-order valence-electron chi connectivity index (χ1n) is 7.55. The number of nitro benzene ring substituents is 1. The number of hydrogen-bond donors (Lipinski definition) is 1. The minimum Gasteiger partial charge on any atom is -0.312 e. The summed E-state index contributed by atoms with van der Waals surface area (Å²) in [7, 11) is 0. The quantitative estimate of drug-likeness (QED) is 0.667. The summed E-state index contributed by atoms with van der Waals surface area (Å²) in [5, 5.41) is 14.4. The van der Waals surface area contributed by atoms with Crippen molar-refractivity contribution in [3.05, 3.63) is 38.3 Å². The van der Waals surface area contributed by atoms with Crippen LogP contribution < -0.4 is 5.32 Å². The molecule has 2 saturated heterocycles. The normalized spacial score (nSPS) is 26.3.